The molecule has 2 heterocycles. The number of nitrogens with zero attached hydrogens (tertiary/aromatic N) is 1. The van der Waals surface area contributed by atoms with E-state index in [1.807, 2.05) is 0 Å². The van der Waals surface area contributed by atoms with Crippen molar-refractivity contribution in [2.45, 2.75) is 25.3 Å². The highest BCUT2D eigenvalue weighted by molar-refractivity contribution is 6.17. The third-order valence-electron chi connectivity index (χ3n) is 3.35. The summed E-state index contributed by atoms with van der Waals surface area (Å²) in [6.45, 7) is 5.00. The van der Waals surface area contributed by atoms with E-state index in [1.165, 1.54) is 39.0 Å². The first-order chi connectivity index (χ1) is 6.40. The number of hydrogen-bond acceptors (Lipinski definition) is 2. The van der Waals surface area contributed by atoms with Crippen molar-refractivity contribution >= 4 is 11.6 Å². The van der Waals surface area contributed by atoms with Crippen molar-refractivity contribution in [1.82, 2.24) is 10.2 Å². The predicted molar refractivity (Wildman–Crippen MR) is 56.3 cm³/mol. The lowest BCUT2D eigenvalue weighted by Crippen LogP contribution is -2.44. The Hall–Kier alpha value is 0.210. The highest BCUT2D eigenvalue weighted by Crippen LogP contribution is 2.24. The van der Waals surface area contributed by atoms with Gasteiger partial charge in [0.15, 0.2) is 0 Å². The van der Waals surface area contributed by atoms with Crippen molar-refractivity contribution in [2.75, 3.05) is 32.1 Å². The van der Waals surface area contributed by atoms with E-state index >= 15 is 0 Å². The lowest BCUT2D eigenvalue weighted by Gasteiger charge is -2.34. The van der Waals surface area contributed by atoms with Gasteiger partial charge in [-0.15, -0.1) is 11.6 Å². The summed E-state index contributed by atoms with van der Waals surface area (Å²) in [6, 6.07) is 0.826. The fourth-order valence-corrected chi connectivity index (χ4v) is 2.73. The molecule has 0 aromatic rings. The van der Waals surface area contributed by atoms with Crippen LogP contribution in [0.1, 0.15) is 19.3 Å². The SMILES string of the molecule is ClCCCN1CCC2NCCC2C1. The molecule has 0 radical (unpaired) electrons. The summed E-state index contributed by atoms with van der Waals surface area (Å²) in [5, 5.41) is 3.58. The van der Waals surface area contributed by atoms with Crippen molar-refractivity contribution in [3.05, 3.63) is 0 Å². The number of halogens is 1. The van der Waals surface area contributed by atoms with Crippen molar-refractivity contribution in [3.63, 3.8) is 0 Å². The summed E-state index contributed by atoms with van der Waals surface area (Å²) in [7, 11) is 0. The van der Waals surface area contributed by atoms with E-state index in [2.05, 4.69) is 10.2 Å². The molecule has 2 aliphatic heterocycles. The Morgan fingerprint density at radius 1 is 1.38 bits per heavy atom. The fraction of sp³-hybridized carbons (Fsp3) is 1.00. The molecule has 2 nitrogen and oxygen atoms in total. The molecule has 0 aliphatic carbocycles. The quantitative estimate of drug-likeness (QED) is 0.695. The second-order valence-corrected chi connectivity index (χ2v) is 4.62. The summed E-state index contributed by atoms with van der Waals surface area (Å²) >= 11 is 5.69. The minimum Gasteiger partial charge on any atom is -0.314 e. The van der Waals surface area contributed by atoms with E-state index in [4.69, 9.17) is 11.6 Å². The van der Waals surface area contributed by atoms with Crippen molar-refractivity contribution in [3.8, 4) is 0 Å². The summed E-state index contributed by atoms with van der Waals surface area (Å²) in [5.41, 5.74) is 0. The van der Waals surface area contributed by atoms with Crippen LogP contribution >= 0.6 is 11.6 Å². The third kappa shape index (κ3) is 2.36. The number of hydrogen-bond donors (Lipinski definition) is 1. The van der Waals surface area contributed by atoms with Gasteiger partial charge >= 0.3 is 0 Å². The van der Waals surface area contributed by atoms with Gasteiger partial charge in [0, 0.05) is 18.5 Å². The van der Waals surface area contributed by atoms with Crippen LogP contribution in [0.3, 0.4) is 0 Å². The van der Waals surface area contributed by atoms with Gasteiger partial charge in [0.2, 0.25) is 0 Å². The van der Waals surface area contributed by atoms with Crippen LogP contribution in [0.15, 0.2) is 0 Å². The van der Waals surface area contributed by atoms with Crippen LogP contribution in [-0.4, -0.2) is 43.0 Å². The molecule has 0 spiro atoms. The standard InChI is InChI=1S/C10H19ClN2/c11-4-1-6-13-7-3-10-9(8-13)2-5-12-10/h9-10,12H,1-8H2. The Labute approximate surface area is 85.6 Å². The molecule has 0 saturated carbocycles. The molecule has 2 saturated heterocycles. The largest absolute Gasteiger partial charge is 0.314 e. The van der Waals surface area contributed by atoms with Crippen molar-refractivity contribution < 1.29 is 0 Å². The number of piperidine rings is 1. The van der Waals surface area contributed by atoms with Crippen LogP contribution in [0, 0.1) is 5.92 Å². The Morgan fingerprint density at radius 3 is 3.15 bits per heavy atom. The summed E-state index contributed by atoms with van der Waals surface area (Å²) < 4.78 is 0. The first kappa shape index (κ1) is 9.75. The molecule has 2 unspecified atom stereocenters. The molecule has 1 N–H and O–H groups in total. The van der Waals surface area contributed by atoms with Gasteiger partial charge in [0.25, 0.3) is 0 Å². The van der Waals surface area contributed by atoms with Gasteiger partial charge in [0.1, 0.15) is 0 Å². The Balaban J connectivity index is 1.76. The number of likely N-dealkylation sites (tertiary alicyclic amines) is 1. The highest BCUT2D eigenvalue weighted by Gasteiger charge is 2.31. The maximum atomic E-state index is 5.69. The predicted octanol–water partition coefficient (Wildman–Crippen LogP) is 1.30. The van der Waals surface area contributed by atoms with Crippen LogP contribution in [0.25, 0.3) is 0 Å². The third-order valence-corrected chi connectivity index (χ3v) is 3.61. The zero-order chi connectivity index (χ0) is 9.10. The van der Waals surface area contributed by atoms with E-state index in [0.29, 0.717) is 0 Å². The van der Waals surface area contributed by atoms with Crippen LogP contribution in [0.5, 0.6) is 0 Å². The molecule has 2 rings (SSSR count). The van der Waals surface area contributed by atoms with Gasteiger partial charge in [0.05, 0.1) is 0 Å². The lowest BCUT2D eigenvalue weighted by atomic mass is 9.93. The average Bonchev–Trinajstić information content (AvgIpc) is 2.61. The minimum atomic E-state index is 0.808. The van der Waals surface area contributed by atoms with Gasteiger partial charge in [-0.05, 0) is 44.8 Å². The molecule has 3 heteroatoms. The van der Waals surface area contributed by atoms with Crippen molar-refractivity contribution in [2.24, 2.45) is 5.92 Å². The Kier molecular flexibility index (Phi) is 3.47. The van der Waals surface area contributed by atoms with Crippen LogP contribution in [-0.2, 0) is 0 Å². The van der Waals surface area contributed by atoms with Gasteiger partial charge in [-0.25, -0.2) is 0 Å². The van der Waals surface area contributed by atoms with Crippen LogP contribution < -0.4 is 5.32 Å². The van der Waals surface area contributed by atoms with Gasteiger partial charge in [-0.1, -0.05) is 0 Å². The van der Waals surface area contributed by atoms with E-state index in [0.717, 1.165) is 24.3 Å². The topological polar surface area (TPSA) is 15.3 Å². The smallest absolute Gasteiger partial charge is 0.0235 e. The summed E-state index contributed by atoms with van der Waals surface area (Å²) in [6.07, 6.45) is 3.86. The van der Waals surface area contributed by atoms with E-state index in [-0.39, 0.29) is 0 Å². The first-order valence-corrected chi connectivity index (χ1v) is 5.95. The van der Waals surface area contributed by atoms with Gasteiger partial charge in [-0.3, -0.25) is 0 Å². The number of nitrogens with one attached hydrogen (secondary N) is 1. The van der Waals surface area contributed by atoms with E-state index < -0.39 is 0 Å². The average molecular weight is 203 g/mol. The Bertz CT molecular complexity index is 163. The number of alkyl halides is 1. The second kappa shape index (κ2) is 4.63. The molecular weight excluding hydrogens is 184 g/mol. The molecule has 0 aromatic carbocycles. The fourth-order valence-electron chi connectivity index (χ4n) is 2.61. The second-order valence-electron chi connectivity index (χ2n) is 4.24. The molecule has 0 amide bonds. The normalized spacial score (nSPS) is 34.8. The molecule has 2 fully saturated rings. The molecule has 2 aliphatic rings. The van der Waals surface area contributed by atoms with Crippen LogP contribution in [0.4, 0.5) is 0 Å². The highest BCUT2D eigenvalue weighted by atomic mass is 35.5. The molecule has 13 heavy (non-hydrogen) atoms. The lowest BCUT2D eigenvalue weighted by molar-refractivity contribution is 0.163. The summed E-state index contributed by atoms with van der Waals surface area (Å²) in [5.74, 6) is 1.73. The minimum absolute atomic E-state index is 0.808. The van der Waals surface area contributed by atoms with Gasteiger partial charge in [-0.2, -0.15) is 0 Å². The maximum Gasteiger partial charge on any atom is 0.0235 e. The molecule has 0 bridgehead atoms. The molecule has 76 valence electrons. The van der Waals surface area contributed by atoms with E-state index in [9.17, 15) is 0 Å². The monoisotopic (exact) mass is 202 g/mol. The zero-order valence-corrected chi connectivity index (χ0v) is 8.89. The van der Waals surface area contributed by atoms with Crippen LogP contribution in [0.2, 0.25) is 0 Å². The Morgan fingerprint density at radius 2 is 2.31 bits per heavy atom. The van der Waals surface area contributed by atoms with Gasteiger partial charge < -0.3 is 10.2 Å². The zero-order valence-electron chi connectivity index (χ0n) is 8.14. The summed E-state index contributed by atoms with van der Waals surface area (Å²) in [4.78, 5) is 2.58. The maximum absolute atomic E-state index is 5.69. The molecular formula is C10H19ClN2. The first-order valence-electron chi connectivity index (χ1n) is 5.42. The van der Waals surface area contributed by atoms with E-state index in [1.54, 1.807) is 0 Å². The molecule has 2 atom stereocenters. The number of rotatable bonds is 3. The van der Waals surface area contributed by atoms with Crippen molar-refractivity contribution in [1.29, 1.82) is 0 Å². The molecule has 0 aromatic heterocycles. The number of fused-ring (bicyclic) bond motifs is 1.